The zero-order valence-electron chi connectivity index (χ0n) is 14.3. The maximum Gasteiger partial charge on any atom is 0.215 e. The van der Waals surface area contributed by atoms with Crippen LogP contribution in [-0.2, 0) is 0 Å². The lowest BCUT2D eigenvalue weighted by Crippen LogP contribution is -2.07. The van der Waals surface area contributed by atoms with Crippen LogP contribution in [0.4, 0.5) is 11.5 Å². The molecule has 1 heterocycles. The molecule has 6 heteroatoms. The Labute approximate surface area is 151 Å². The van der Waals surface area contributed by atoms with Gasteiger partial charge < -0.3 is 11.5 Å². The van der Waals surface area contributed by atoms with Crippen molar-refractivity contribution in [2.24, 2.45) is 0 Å². The molecule has 0 atom stereocenters. The van der Waals surface area contributed by atoms with E-state index in [9.17, 15) is 4.79 Å². The number of hydrogen-bond donors (Lipinski definition) is 2. The van der Waals surface area contributed by atoms with Crippen molar-refractivity contribution >= 4 is 28.9 Å². The first-order valence-electron chi connectivity index (χ1n) is 7.82. The van der Waals surface area contributed by atoms with E-state index in [0.717, 1.165) is 16.7 Å². The van der Waals surface area contributed by atoms with Gasteiger partial charge in [-0.25, -0.2) is 4.68 Å². The number of hydrogen-bond acceptors (Lipinski definition) is 4. The number of carbonyl (C=O) groups is 1. The standard InChI is InChI=1S/C19H19ClN4O/c1-10-4-6-13(7-5-10)18(25)16-15(21)19(22)24(23-16)17-12(3)8-11(2)9-14(17)20/h4-9H,21-22H2,1-3H3. The number of carbonyl (C=O) groups excluding carboxylic acids is 1. The molecule has 0 unspecified atom stereocenters. The average molecular weight is 355 g/mol. The topological polar surface area (TPSA) is 86.9 Å². The van der Waals surface area contributed by atoms with Crippen LogP contribution in [0.3, 0.4) is 0 Å². The van der Waals surface area contributed by atoms with Crippen molar-refractivity contribution in [1.82, 2.24) is 9.78 Å². The minimum Gasteiger partial charge on any atom is -0.394 e. The number of ketones is 1. The fourth-order valence-electron chi connectivity index (χ4n) is 2.80. The van der Waals surface area contributed by atoms with Crippen LogP contribution in [0.5, 0.6) is 0 Å². The molecule has 2 aromatic carbocycles. The first kappa shape index (κ1) is 17.0. The number of aromatic nitrogens is 2. The van der Waals surface area contributed by atoms with E-state index in [-0.39, 0.29) is 23.0 Å². The molecule has 0 aliphatic rings. The second-order valence-corrected chi connectivity index (χ2v) is 6.57. The highest BCUT2D eigenvalue weighted by Crippen LogP contribution is 2.31. The van der Waals surface area contributed by atoms with Crippen LogP contribution in [0, 0.1) is 20.8 Å². The molecule has 128 valence electrons. The third kappa shape index (κ3) is 2.98. The number of halogens is 1. The molecule has 0 saturated heterocycles. The number of anilines is 2. The van der Waals surface area contributed by atoms with E-state index in [4.69, 9.17) is 23.1 Å². The maximum atomic E-state index is 12.8. The third-order valence-electron chi connectivity index (χ3n) is 4.10. The van der Waals surface area contributed by atoms with Crippen LogP contribution >= 0.6 is 11.6 Å². The van der Waals surface area contributed by atoms with Gasteiger partial charge in [-0.05, 0) is 38.0 Å². The average Bonchev–Trinajstić information content (AvgIpc) is 2.83. The van der Waals surface area contributed by atoms with Gasteiger partial charge in [-0.15, -0.1) is 0 Å². The molecule has 0 amide bonds. The highest BCUT2D eigenvalue weighted by atomic mass is 35.5. The number of aryl methyl sites for hydroxylation is 3. The summed E-state index contributed by atoms with van der Waals surface area (Å²) in [5, 5.41) is 4.86. The first-order chi connectivity index (χ1) is 11.8. The number of benzene rings is 2. The molecular weight excluding hydrogens is 336 g/mol. The largest absolute Gasteiger partial charge is 0.394 e. The molecule has 0 bridgehead atoms. The number of nitrogens with two attached hydrogens (primary N) is 2. The lowest BCUT2D eigenvalue weighted by atomic mass is 10.1. The van der Waals surface area contributed by atoms with Crippen LogP contribution in [0.2, 0.25) is 5.02 Å². The Balaban J connectivity index is 2.13. The van der Waals surface area contributed by atoms with Gasteiger partial charge in [0.1, 0.15) is 5.69 Å². The van der Waals surface area contributed by atoms with Crippen LogP contribution in [0.1, 0.15) is 32.7 Å². The van der Waals surface area contributed by atoms with Gasteiger partial charge in [0.15, 0.2) is 11.5 Å². The second-order valence-electron chi connectivity index (χ2n) is 6.17. The fraction of sp³-hybridized carbons (Fsp3) is 0.158. The predicted molar refractivity (Wildman–Crippen MR) is 101 cm³/mol. The molecule has 5 nitrogen and oxygen atoms in total. The zero-order valence-corrected chi connectivity index (χ0v) is 15.1. The lowest BCUT2D eigenvalue weighted by Gasteiger charge is -2.11. The van der Waals surface area contributed by atoms with Crippen LogP contribution < -0.4 is 11.5 Å². The van der Waals surface area contributed by atoms with Gasteiger partial charge in [-0.3, -0.25) is 4.79 Å². The highest BCUT2D eigenvalue weighted by molar-refractivity contribution is 6.32. The van der Waals surface area contributed by atoms with Crippen molar-refractivity contribution in [2.45, 2.75) is 20.8 Å². The van der Waals surface area contributed by atoms with Crippen LogP contribution in [-0.4, -0.2) is 15.6 Å². The van der Waals surface area contributed by atoms with Crippen molar-refractivity contribution in [3.63, 3.8) is 0 Å². The van der Waals surface area contributed by atoms with Gasteiger partial charge in [0.25, 0.3) is 0 Å². The van der Waals surface area contributed by atoms with E-state index in [1.165, 1.54) is 4.68 Å². The third-order valence-corrected chi connectivity index (χ3v) is 4.39. The van der Waals surface area contributed by atoms with Crippen molar-refractivity contribution in [1.29, 1.82) is 0 Å². The summed E-state index contributed by atoms with van der Waals surface area (Å²) in [6, 6.07) is 11.0. The summed E-state index contributed by atoms with van der Waals surface area (Å²) in [7, 11) is 0. The summed E-state index contributed by atoms with van der Waals surface area (Å²) in [5.74, 6) is -0.0758. The van der Waals surface area contributed by atoms with E-state index in [1.807, 2.05) is 45.0 Å². The van der Waals surface area contributed by atoms with Gasteiger partial charge >= 0.3 is 0 Å². The van der Waals surface area contributed by atoms with Crippen molar-refractivity contribution in [2.75, 3.05) is 11.5 Å². The molecule has 3 rings (SSSR count). The predicted octanol–water partition coefficient (Wildman–Crippen LogP) is 3.85. The molecular formula is C19H19ClN4O. The summed E-state index contributed by atoms with van der Waals surface area (Å²) < 4.78 is 1.44. The van der Waals surface area contributed by atoms with E-state index in [1.54, 1.807) is 12.1 Å². The lowest BCUT2D eigenvalue weighted by molar-refractivity contribution is 0.103. The summed E-state index contributed by atoms with van der Waals surface area (Å²) in [6.45, 7) is 5.82. The second kappa shape index (κ2) is 6.26. The molecule has 0 spiro atoms. The highest BCUT2D eigenvalue weighted by Gasteiger charge is 2.23. The Morgan fingerprint density at radius 1 is 1.04 bits per heavy atom. The van der Waals surface area contributed by atoms with Crippen molar-refractivity contribution < 1.29 is 4.79 Å². The zero-order chi connectivity index (χ0) is 18.3. The summed E-state index contributed by atoms with van der Waals surface area (Å²) in [6.07, 6.45) is 0. The van der Waals surface area contributed by atoms with E-state index < -0.39 is 0 Å². The van der Waals surface area contributed by atoms with Gasteiger partial charge in [0, 0.05) is 5.56 Å². The molecule has 0 aliphatic heterocycles. The number of nitrogens with zero attached hydrogens (tertiary/aromatic N) is 2. The monoisotopic (exact) mass is 354 g/mol. The van der Waals surface area contributed by atoms with Gasteiger partial charge in [-0.2, -0.15) is 5.10 Å². The Morgan fingerprint density at radius 3 is 2.28 bits per heavy atom. The molecule has 0 saturated carbocycles. The molecule has 4 N–H and O–H groups in total. The van der Waals surface area contributed by atoms with E-state index in [2.05, 4.69) is 5.10 Å². The summed E-state index contributed by atoms with van der Waals surface area (Å²) in [5.41, 5.74) is 16.6. The first-order valence-corrected chi connectivity index (χ1v) is 8.20. The van der Waals surface area contributed by atoms with Crippen LogP contribution in [0.15, 0.2) is 36.4 Å². The Bertz CT molecular complexity index is 951. The van der Waals surface area contributed by atoms with E-state index in [0.29, 0.717) is 16.3 Å². The quantitative estimate of drug-likeness (QED) is 0.699. The Hall–Kier alpha value is -2.79. The molecule has 3 aromatic rings. The minimum absolute atomic E-state index is 0.123. The van der Waals surface area contributed by atoms with E-state index >= 15 is 0 Å². The maximum absolute atomic E-state index is 12.8. The fourth-order valence-corrected chi connectivity index (χ4v) is 3.20. The van der Waals surface area contributed by atoms with Gasteiger partial charge in [-0.1, -0.05) is 47.5 Å². The van der Waals surface area contributed by atoms with Gasteiger partial charge in [0.2, 0.25) is 5.78 Å². The number of nitrogen functional groups attached to an aromatic ring is 2. The summed E-state index contributed by atoms with van der Waals surface area (Å²) in [4.78, 5) is 12.8. The van der Waals surface area contributed by atoms with Crippen molar-refractivity contribution in [3.8, 4) is 5.69 Å². The normalized spacial score (nSPS) is 10.9. The smallest absolute Gasteiger partial charge is 0.215 e. The molecule has 1 aromatic heterocycles. The van der Waals surface area contributed by atoms with Crippen LogP contribution in [0.25, 0.3) is 5.69 Å². The number of rotatable bonds is 3. The molecule has 0 aliphatic carbocycles. The molecule has 25 heavy (non-hydrogen) atoms. The Kier molecular flexibility index (Phi) is 4.27. The SMILES string of the molecule is Cc1ccc(C(=O)c2nn(-c3c(C)cc(C)cc3Cl)c(N)c2N)cc1. The molecule has 0 fully saturated rings. The minimum atomic E-state index is -0.274. The molecule has 0 radical (unpaired) electrons. The Morgan fingerprint density at radius 2 is 1.68 bits per heavy atom. The van der Waals surface area contributed by atoms with Gasteiger partial charge in [0.05, 0.1) is 10.7 Å². The van der Waals surface area contributed by atoms with Crippen molar-refractivity contribution in [3.05, 3.63) is 69.4 Å². The summed E-state index contributed by atoms with van der Waals surface area (Å²) >= 11 is 6.37.